The normalized spacial score (nSPS) is 24.6. The zero-order valence-electron chi connectivity index (χ0n) is 13.9. The van der Waals surface area contributed by atoms with Gasteiger partial charge >= 0.3 is 0 Å². The summed E-state index contributed by atoms with van der Waals surface area (Å²) in [6.07, 6.45) is 5.47. The van der Waals surface area contributed by atoms with E-state index in [1.165, 1.54) is 12.1 Å². The van der Waals surface area contributed by atoms with Crippen LogP contribution in [0.2, 0.25) is 0 Å². The molecule has 5 nitrogen and oxygen atoms in total. The molecular formula is C18H25NO4. The first-order valence-electron chi connectivity index (χ1n) is 8.35. The van der Waals surface area contributed by atoms with Crippen LogP contribution in [0.1, 0.15) is 57.9 Å². The Labute approximate surface area is 137 Å². The van der Waals surface area contributed by atoms with Crippen LogP contribution in [0, 0.1) is 15.5 Å². The third kappa shape index (κ3) is 4.38. The van der Waals surface area contributed by atoms with Gasteiger partial charge in [-0.1, -0.05) is 26.7 Å². The first-order chi connectivity index (χ1) is 11.0. The number of benzene rings is 1. The molecule has 0 amide bonds. The van der Waals surface area contributed by atoms with Gasteiger partial charge < -0.3 is 4.74 Å². The minimum Gasteiger partial charge on any atom is -0.366 e. The van der Waals surface area contributed by atoms with Crippen molar-refractivity contribution >= 4 is 11.5 Å². The third-order valence-electron chi connectivity index (χ3n) is 4.76. The Kier molecular flexibility index (Phi) is 5.88. The summed E-state index contributed by atoms with van der Waals surface area (Å²) < 4.78 is 5.84. The summed E-state index contributed by atoms with van der Waals surface area (Å²) in [4.78, 5) is 22.9. The van der Waals surface area contributed by atoms with E-state index < -0.39 is 4.92 Å². The van der Waals surface area contributed by atoms with Gasteiger partial charge in [0.2, 0.25) is 0 Å². The predicted molar refractivity (Wildman–Crippen MR) is 88.2 cm³/mol. The summed E-state index contributed by atoms with van der Waals surface area (Å²) in [6, 6.07) is 6.29. The smallest absolute Gasteiger partial charge is 0.269 e. The van der Waals surface area contributed by atoms with Crippen molar-refractivity contribution in [3.63, 3.8) is 0 Å². The summed E-state index contributed by atoms with van der Waals surface area (Å²) in [5, 5.41) is 10.6. The van der Waals surface area contributed by atoms with Gasteiger partial charge in [-0.25, -0.2) is 0 Å². The van der Waals surface area contributed by atoms with Gasteiger partial charge in [0, 0.05) is 17.5 Å². The highest BCUT2D eigenvalue weighted by molar-refractivity contribution is 5.89. The number of nitro benzene ring substituents is 1. The van der Waals surface area contributed by atoms with Gasteiger partial charge in [-0.2, -0.15) is 0 Å². The third-order valence-corrected chi connectivity index (χ3v) is 4.76. The predicted octanol–water partition coefficient (Wildman–Crippen LogP) is 4.43. The Morgan fingerprint density at radius 2 is 2.04 bits per heavy atom. The molecule has 5 heteroatoms. The fraction of sp³-hybridized carbons (Fsp3) is 0.611. The van der Waals surface area contributed by atoms with Gasteiger partial charge in [-0.3, -0.25) is 14.9 Å². The molecule has 1 aromatic rings. The Hall–Kier alpha value is -1.75. The van der Waals surface area contributed by atoms with Crippen LogP contribution in [0.4, 0.5) is 5.69 Å². The molecule has 0 aromatic heterocycles. The quantitative estimate of drug-likeness (QED) is 0.550. The van der Waals surface area contributed by atoms with Crippen LogP contribution in [0.25, 0.3) is 0 Å². The Balaban J connectivity index is 1.94. The average molecular weight is 319 g/mol. The fourth-order valence-electron chi connectivity index (χ4n) is 3.21. The highest BCUT2D eigenvalue weighted by Crippen LogP contribution is 2.38. The van der Waals surface area contributed by atoms with E-state index >= 15 is 0 Å². The van der Waals surface area contributed by atoms with Crippen molar-refractivity contribution in [2.45, 2.75) is 65.1 Å². The summed E-state index contributed by atoms with van der Waals surface area (Å²) in [5.41, 5.74) is 0.660. The van der Waals surface area contributed by atoms with E-state index in [1.54, 1.807) is 12.1 Å². The number of Topliss-reactive ketones (excluding diaryl/α,β-unsaturated/α-hetero) is 1. The number of non-ortho nitro benzene ring substituents is 1. The molecule has 2 rings (SSSR count). The zero-order chi connectivity index (χ0) is 16.9. The molecule has 0 radical (unpaired) electrons. The van der Waals surface area contributed by atoms with Crippen LogP contribution >= 0.6 is 0 Å². The van der Waals surface area contributed by atoms with Gasteiger partial charge in [0.05, 0.1) is 11.5 Å². The number of unbranched alkanes of at least 4 members (excludes halogenated alkanes) is 1. The van der Waals surface area contributed by atoms with Crippen molar-refractivity contribution < 1.29 is 14.5 Å². The standard InChI is InChI=1S/C18H25NO4/c1-3-4-11-18(2)12-5-6-16(17(18)20)23-13-14-7-9-15(10-8-14)19(21)22/h7-10,16H,3-6,11-13H2,1-2H3/t16-,18-/m1/s1. The Morgan fingerprint density at radius 3 is 2.65 bits per heavy atom. The Morgan fingerprint density at radius 1 is 1.35 bits per heavy atom. The molecule has 1 aliphatic carbocycles. The first kappa shape index (κ1) is 17.6. The van der Waals surface area contributed by atoms with Crippen LogP contribution in [0.15, 0.2) is 24.3 Å². The molecule has 0 heterocycles. The number of hydrogen-bond acceptors (Lipinski definition) is 4. The summed E-state index contributed by atoms with van der Waals surface area (Å²) in [5.74, 6) is 0.221. The number of nitro groups is 1. The van der Waals surface area contributed by atoms with E-state index in [-0.39, 0.29) is 23.0 Å². The molecule has 0 bridgehead atoms. The first-order valence-corrected chi connectivity index (χ1v) is 8.35. The number of nitrogens with zero attached hydrogens (tertiary/aromatic N) is 1. The van der Waals surface area contributed by atoms with Crippen molar-refractivity contribution in [1.82, 2.24) is 0 Å². The summed E-state index contributed by atoms with van der Waals surface area (Å²) in [7, 11) is 0. The van der Waals surface area contributed by atoms with E-state index in [4.69, 9.17) is 4.74 Å². The second kappa shape index (κ2) is 7.68. The number of ketones is 1. The molecule has 1 aliphatic rings. The van der Waals surface area contributed by atoms with Crippen molar-refractivity contribution in [2.75, 3.05) is 0 Å². The molecule has 0 N–H and O–H groups in total. The molecule has 1 aromatic carbocycles. The molecule has 23 heavy (non-hydrogen) atoms. The van der Waals surface area contributed by atoms with E-state index in [1.807, 2.05) is 0 Å². The second-order valence-electron chi connectivity index (χ2n) is 6.64. The van der Waals surface area contributed by atoms with E-state index in [0.717, 1.165) is 44.1 Å². The van der Waals surface area contributed by atoms with Crippen LogP contribution in [0.5, 0.6) is 0 Å². The maximum atomic E-state index is 12.7. The van der Waals surface area contributed by atoms with E-state index in [2.05, 4.69) is 13.8 Å². The lowest BCUT2D eigenvalue weighted by molar-refractivity contribution is -0.384. The Bertz CT molecular complexity index is 555. The molecule has 1 fully saturated rings. The minimum atomic E-state index is -0.422. The highest BCUT2D eigenvalue weighted by atomic mass is 16.6. The number of ether oxygens (including phenoxy) is 1. The maximum Gasteiger partial charge on any atom is 0.269 e. The summed E-state index contributed by atoms with van der Waals surface area (Å²) in [6.45, 7) is 4.52. The topological polar surface area (TPSA) is 69.4 Å². The molecule has 1 saturated carbocycles. The summed E-state index contributed by atoms with van der Waals surface area (Å²) >= 11 is 0. The van der Waals surface area contributed by atoms with Crippen molar-refractivity contribution in [1.29, 1.82) is 0 Å². The van der Waals surface area contributed by atoms with Crippen molar-refractivity contribution in [3.8, 4) is 0 Å². The van der Waals surface area contributed by atoms with Gasteiger partial charge in [-0.15, -0.1) is 0 Å². The molecule has 0 aliphatic heterocycles. The molecule has 0 saturated heterocycles. The van der Waals surface area contributed by atoms with Crippen LogP contribution in [0.3, 0.4) is 0 Å². The van der Waals surface area contributed by atoms with Gasteiger partial charge in [0.15, 0.2) is 5.78 Å². The van der Waals surface area contributed by atoms with E-state index in [0.29, 0.717) is 6.61 Å². The molecule has 0 unspecified atom stereocenters. The molecule has 126 valence electrons. The minimum absolute atomic E-state index is 0.0645. The van der Waals surface area contributed by atoms with Gasteiger partial charge in [0.25, 0.3) is 5.69 Å². The average Bonchev–Trinajstić information content (AvgIpc) is 2.55. The van der Waals surface area contributed by atoms with E-state index in [9.17, 15) is 14.9 Å². The fourth-order valence-corrected chi connectivity index (χ4v) is 3.21. The highest BCUT2D eigenvalue weighted by Gasteiger charge is 2.40. The molecule has 2 atom stereocenters. The lowest BCUT2D eigenvalue weighted by atomic mass is 9.70. The van der Waals surface area contributed by atoms with Crippen molar-refractivity contribution in [3.05, 3.63) is 39.9 Å². The number of rotatable bonds is 7. The zero-order valence-corrected chi connectivity index (χ0v) is 13.9. The van der Waals surface area contributed by atoms with Crippen LogP contribution in [-0.2, 0) is 16.1 Å². The largest absolute Gasteiger partial charge is 0.366 e. The second-order valence-corrected chi connectivity index (χ2v) is 6.64. The molecule has 0 spiro atoms. The lowest BCUT2D eigenvalue weighted by Crippen LogP contribution is -2.42. The number of hydrogen-bond donors (Lipinski definition) is 0. The van der Waals surface area contributed by atoms with Crippen molar-refractivity contribution in [2.24, 2.45) is 5.41 Å². The lowest BCUT2D eigenvalue weighted by Gasteiger charge is -2.36. The van der Waals surface area contributed by atoms with Gasteiger partial charge in [0.1, 0.15) is 6.10 Å². The monoisotopic (exact) mass is 319 g/mol. The van der Waals surface area contributed by atoms with Crippen LogP contribution in [-0.4, -0.2) is 16.8 Å². The maximum absolute atomic E-state index is 12.7. The SMILES string of the molecule is CCCC[C@]1(C)CCC[C@@H](OCc2ccc([N+](=O)[O-])cc2)C1=O. The number of carbonyl (C=O) groups is 1. The van der Waals surface area contributed by atoms with Crippen LogP contribution < -0.4 is 0 Å². The number of carbonyl (C=O) groups excluding carboxylic acids is 1. The van der Waals surface area contributed by atoms with Gasteiger partial charge in [-0.05, 0) is 43.4 Å². The molecular weight excluding hydrogens is 294 g/mol.